The van der Waals surface area contributed by atoms with Gasteiger partial charge >= 0.3 is 11.9 Å². The maximum absolute atomic E-state index is 10.6. The standard InChI is InChI=1S/C8H12O6/c1-4(7(11)12)5(8(13)14)2-3-6(9)10/h5-6,9-10H,1-3H2,(H,11,12)(H,13,14). The lowest BCUT2D eigenvalue weighted by Crippen LogP contribution is -2.22. The highest BCUT2D eigenvalue weighted by Crippen LogP contribution is 2.17. The number of carboxylic acid groups (broad SMARTS) is 2. The van der Waals surface area contributed by atoms with Crippen LogP contribution in [0.15, 0.2) is 12.2 Å². The van der Waals surface area contributed by atoms with Gasteiger partial charge in [-0.25, -0.2) is 4.79 Å². The molecule has 0 spiro atoms. The number of aliphatic hydroxyl groups excluding tert-OH is 1. The predicted molar refractivity (Wildman–Crippen MR) is 45.4 cm³/mol. The third-order valence-electron chi connectivity index (χ3n) is 1.71. The maximum atomic E-state index is 10.6. The lowest BCUT2D eigenvalue weighted by atomic mass is 9.95. The smallest absolute Gasteiger partial charge is 0.331 e. The van der Waals surface area contributed by atoms with Crippen LogP contribution < -0.4 is 0 Å². The van der Waals surface area contributed by atoms with Crippen LogP contribution in [0.5, 0.6) is 0 Å². The van der Waals surface area contributed by atoms with E-state index < -0.39 is 29.7 Å². The van der Waals surface area contributed by atoms with E-state index in [0.29, 0.717) is 0 Å². The van der Waals surface area contributed by atoms with Gasteiger partial charge in [-0.15, -0.1) is 0 Å². The zero-order valence-corrected chi connectivity index (χ0v) is 7.38. The SMILES string of the molecule is C=C(C(=O)O)C(CCC(O)O)C(=O)O. The molecule has 0 aromatic rings. The van der Waals surface area contributed by atoms with E-state index in [0.717, 1.165) is 0 Å². The summed E-state index contributed by atoms with van der Waals surface area (Å²) in [6, 6.07) is 0. The molecule has 0 fully saturated rings. The van der Waals surface area contributed by atoms with Crippen LogP contribution in [0.25, 0.3) is 0 Å². The molecule has 0 aliphatic carbocycles. The Hall–Kier alpha value is -1.40. The number of rotatable bonds is 6. The number of carbonyl (C=O) groups is 2. The average molecular weight is 204 g/mol. The monoisotopic (exact) mass is 204 g/mol. The fourth-order valence-corrected chi connectivity index (χ4v) is 0.912. The Morgan fingerprint density at radius 2 is 1.64 bits per heavy atom. The number of carboxylic acids is 2. The van der Waals surface area contributed by atoms with Gasteiger partial charge in [0.15, 0.2) is 6.29 Å². The van der Waals surface area contributed by atoms with Gasteiger partial charge in [-0.05, 0) is 12.8 Å². The number of hydrogen-bond donors (Lipinski definition) is 4. The van der Waals surface area contributed by atoms with Gasteiger partial charge in [0.25, 0.3) is 0 Å². The van der Waals surface area contributed by atoms with Gasteiger partial charge < -0.3 is 20.4 Å². The van der Waals surface area contributed by atoms with E-state index in [-0.39, 0.29) is 12.8 Å². The van der Waals surface area contributed by atoms with Gasteiger partial charge in [0.1, 0.15) is 0 Å². The van der Waals surface area contributed by atoms with E-state index in [2.05, 4.69) is 6.58 Å². The van der Waals surface area contributed by atoms with Crippen molar-refractivity contribution in [2.45, 2.75) is 19.1 Å². The highest BCUT2D eigenvalue weighted by atomic mass is 16.5. The summed E-state index contributed by atoms with van der Waals surface area (Å²) in [6.07, 6.45) is -2.01. The highest BCUT2D eigenvalue weighted by Gasteiger charge is 2.25. The minimum absolute atomic E-state index is 0.169. The molecule has 6 nitrogen and oxygen atoms in total. The molecule has 0 rings (SSSR count). The summed E-state index contributed by atoms with van der Waals surface area (Å²) in [7, 11) is 0. The summed E-state index contributed by atoms with van der Waals surface area (Å²) in [5.74, 6) is -4.02. The van der Waals surface area contributed by atoms with E-state index >= 15 is 0 Å². The van der Waals surface area contributed by atoms with Crippen LogP contribution in [0.1, 0.15) is 12.8 Å². The fraction of sp³-hybridized carbons (Fsp3) is 0.500. The van der Waals surface area contributed by atoms with Crippen molar-refractivity contribution in [2.24, 2.45) is 5.92 Å². The molecule has 0 bridgehead atoms. The molecule has 1 unspecified atom stereocenters. The summed E-state index contributed by atoms with van der Waals surface area (Å²) in [5, 5.41) is 34.1. The van der Waals surface area contributed by atoms with E-state index in [9.17, 15) is 9.59 Å². The third-order valence-corrected chi connectivity index (χ3v) is 1.71. The first kappa shape index (κ1) is 12.6. The molecular formula is C8H12O6. The molecule has 6 heteroatoms. The topological polar surface area (TPSA) is 115 Å². The Kier molecular flexibility index (Phi) is 4.82. The zero-order valence-electron chi connectivity index (χ0n) is 7.38. The first-order valence-corrected chi connectivity index (χ1v) is 3.87. The molecule has 0 aliphatic heterocycles. The molecule has 0 heterocycles. The maximum Gasteiger partial charge on any atom is 0.331 e. The molecule has 0 aromatic carbocycles. The van der Waals surface area contributed by atoms with Crippen molar-refractivity contribution in [1.82, 2.24) is 0 Å². The van der Waals surface area contributed by atoms with Crippen LogP contribution in [-0.4, -0.2) is 38.7 Å². The van der Waals surface area contributed by atoms with Crippen LogP contribution >= 0.6 is 0 Å². The second-order valence-corrected chi connectivity index (χ2v) is 2.78. The molecule has 14 heavy (non-hydrogen) atoms. The van der Waals surface area contributed by atoms with Gasteiger partial charge in [0.05, 0.1) is 5.92 Å². The largest absolute Gasteiger partial charge is 0.481 e. The fourth-order valence-electron chi connectivity index (χ4n) is 0.912. The second kappa shape index (κ2) is 5.36. The van der Waals surface area contributed by atoms with Crippen LogP contribution in [-0.2, 0) is 9.59 Å². The first-order chi connectivity index (χ1) is 6.36. The van der Waals surface area contributed by atoms with Gasteiger partial charge in [0.2, 0.25) is 0 Å². The molecule has 0 aliphatic rings. The summed E-state index contributed by atoms with van der Waals surface area (Å²) in [5.41, 5.74) is -0.460. The summed E-state index contributed by atoms with van der Waals surface area (Å²) < 4.78 is 0. The van der Waals surface area contributed by atoms with Gasteiger partial charge in [0, 0.05) is 5.57 Å². The van der Waals surface area contributed by atoms with E-state index in [1.165, 1.54) is 0 Å². The molecule has 0 aromatic heterocycles. The zero-order chi connectivity index (χ0) is 11.3. The average Bonchev–Trinajstić information content (AvgIpc) is 2.02. The lowest BCUT2D eigenvalue weighted by Gasteiger charge is -2.12. The lowest BCUT2D eigenvalue weighted by molar-refractivity contribution is -0.144. The molecule has 0 saturated heterocycles. The van der Waals surface area contributed by atoms with E-state index in [1.807, 2.05) is 0 Å². The summed E-state index contributed by atoms with van der Waals surface area (Å²) in [4.78, 5) is 21.0. The molecule has 4 N–H and O–H groups in total. The highest BCUT2D eigenvalue weighted by molar-refractivity contribution is 5.93. The van der Waals surface area contributed by atoms with Crippen molar-refractivity contribution >= 4 is 11.9 Å². The number of hydrogen-bond acceptors (Lipinski definition) is 4. The van der Waals surface area contributed by atoms with Crippen molar-refractivity contribution in [3.63, 3.8) is 0 Å². The Morgan fingerprint density at radius 1 is 1.14 bits per heavy atom. The van der Waals surface area contributed by atoms with Gasteiger partial charge in [-0.1, -0.05) is 6.58 Å². The van der Waals surface area contributed by atoms with Crippen molar-refractivity contribution < 1.29 is 30.0 Å². The van der Waals surface area contributed by atoms with Crippen LogP contribution in [0.2, 0.25) is 0 Å². The molecule has 0 saturated carbocycles. The van der Waals surface area contributed by atoms with Crippen molar-refractivity contribution in [3.8, 4) is 0 Å². The molecule has 0 amide bonds. The summed E-state index contributed by atoms with van der Waals surface area (Å²) in [6.45, 7) is 3.11. The number of aliphatic hydroxyl groups is 2. The van der Waals surface area contributed by atoms with Crippen LogP contribution in [0.3, 0.4) is 0 Å². The summed E-state index contributed by atoms with van der Waals surface area (Å²) >= 11 is 0. The van der Waals surface area contributed by atoms with Gasteiger partial charge in [-0.3, -0.25) is 4.79 Å². The Morgan fingerprint density at radius 3 is 1.93 bits per heavy atom. The Bertz CT molecular complexity index is 244. The van der Waals surface area contributed by atoms with Crippen LogP contribution in [0.4, 0.5) is 0 Å². The normalized spacial score (nSPS) is 12.5. The molecule has 80 valence electrons. The third kappa shape index (κ3) is 4.01. The van der Waals surface area contributed by atoms with Gasteiger partial charge in [-0.2, -0.15) is 0 Å². The number of aliphatic carboxylic acids is 2. The first-order valence-electron chi connectivity index (χ1n) is 3.87. The quantitative estimate of drug-likeness (QED) is 0.340. The minimum atomic E-state index is -1.64. The Labute approximate surface area is 80.1 Å². The van der Waals surface area contributed by atoms with Crippen molar-refractivity contribution in [3.05, 3.63) is 12.2 Å². The van der Waals surface area contributed by atoms with E-state index in [1.54, 1.807) is 0 Å². The minimum Gasteiger partial charge on any atom is -0.481 e. The molecular weight excluding hydrogens is 192 g/mol. The molecule has 1 atom stereocenters. The van der Waals surface area contributed by atoms with Crippen molar-refractivity contribution in [2.75, 3.05) is 0 Å². The van der Waals surface area contributed by atoms with Crippen molar-refractivity contribution in [1.29, 1.82) is 0 Å². The molecule has 0 radical (unpaired) electrons. The van der Waals surface area contributed by atoms with E-state index in [4.69, 9.17) is 20.4 Å². The second-order valence-electron chi connectivity index (χ2n) is 2.78. The predicted octanol–water partition coefficient (Wildman–Crippen LogP) is -0.581. The van der Waals surface area contributed by atoms with Crippen LogP contribution in [0, 0.1) is 5.92 Å². The Balaban J connectivity index is 4.38.